The number of halogens is 1. The molecule has 2 aromatic carbocycles. The van der Waals surface area contributed by atoms with Crippen LogP contribution in [0.4, 0.5) is 4.39 Å². The predicted molar refractivity (Wildman–Crippen MR) is 119 cm³/mol. The Morgan fingerprint density at radius 1 is 1.00 bits per heavy atom. The SMILES string of the molecule is Cc1ccc(-n2c(SCC(=O)N(C(C)C)C(C)C)nnc2-c2ccc(F)cc2)cc1. The Hall–Kier alpha value is -2.67. The van der Waals surface area contributed by atoms with Gasteiger partial charge in [-0.15, -0.1) is 10.2 Å². The van der Waals surface area contributed by atoms with Crippen molar-refractivity contribution >= 4 is 17.7 Å². The van der Waals surface area contributed by atoms with Crippen molar-refractivity contribution in [2.45, 2.75) is 51.9 Å². The first-order valence-corrected chi connectivity index (χ1v) is 11.0. The Labute approximate surface area is 181 Å². The second kappa shape index (κ2) is 9.43. The van der Waals surface area contributed by atoms with Crippen LogP contribution in [0.15, 0.2) is 53.7 Å². The second-order valence-electron chi connectivity index (χ2n) is 7.76. The van der Waals surface area contributed by atoms with Gasteiger partial charge in [-0.25, -0.2) is 4.39 Å². The van der Waals surface area contributed by atoms with Crippen LogP contribution in [0.1, 0.15) is 33.3 Å². The molecule has 0 aliphatic heterocycles. The lowest BCUT2D eigenvalue weighted by Gasteiger charge is -2.30. The minimum absolute atomic E-state index is 0.0618. The van der Waals surface area contributed by atoms with E-state index < -0.39 is 0 Å². The van der Waals surface area contributed by atoms with Crippen molar-refractivity contribution in [3.05, 3.63) is 59.9 Å². The number of hydrogen-bond donors (Lipinski definition) is 0. The van der Waals surface area contributed by atoms with Gasteiger partial charge in [-0.1, -0.05) is 29.5 Å². The van der Waals surface area contributed by atoms with Gasteiger partial charge in [-0.05, 0) is 71.0 Å². The van der Waals surface area contributed by atoms with Crippen LogP contribution in [-0.2, 0) is 4.79 Å². The lowest BCUT2D eigenvalue weighted by Crippen LogP contribution is -2.43. The summed E-state index contributed by atoms with van der Waals surface area (Å²) in [6.07, 6.45) is 0. The maximum Gasteiger partial charge on any atom is 0.233 e. The molecule has 0 saturated heterocycles. The Morgan fingerprint density at radius 3 is 2.17 bits per heavy atom. The van der Waals surface area contributed by atoms with Crippen molar-refractivity contribution in [1.82, 2.24) is 19.7 Å². The Kier molecular flexibility index (Phi) is 6.92. The predicted octanol–water partition coefficient (Wildman–Crippen LogP) is 5.12. The van der Waals surface area contributed by atoms with Crippen molar-refractivity contribution in [2.75, 3.05) is 5.75 Å². The van der Waals surface area contributed by atoms with E-state index in [1.54, 1.807) is 12.1 Å². The molecule has 0 spiro atoms. The van der Waals surface area contributed by atoms with E-state index in [4.69, 9.17) is 0 Å². The fourth-order valence-corrected chi connectivity index (χ4v) is 4.27. The average Bonchev–Trinajstić information content (AvgIpc) is 3.11. The third kappa shape index (κ3) is 4.90. The van der Waals surface area contributed by atoms with Gasteiger partial charge in [0, 0.05) is 23.3 Å². The number of aromatic nitrogens is 3. The summed E-state index contributed by atoms with van der Waals surface area (Å²) in [5, 5.41) is 9.32. The van der Waals surface area contributed by atoms with E-state index in [-0.39, 0.29) is 29.6 Å². The summed E-state index contributed by atoms with van der Waals surface area (Å²) >= 11 is 1.36. The molecule has 0 aliphatic rings. The minimum atomic E-state index is -0.303. The van der Waals surface area contributed by atoms with Gasteiger partial charge >= 0.3 is 0 Å². The zero-order valence-corrected chi connectivity index (χ0v) is 18.8. The first-order chi connectivity index (χ1) is 14.3. The van der Waals surface area contributed by atoms with E-state index >= 15 is 0 Å². The fourth-order valence-electron chi connectivity index (χ4n) is 3.45. The molecular weight excluding hydrogens is 399 g/mol. The van der Waals surface area contributed by atoms with Crippen LogP contribution in [0.5, 0.6) is 0 Å². The van der Waals surface area contributed by atoms with Crippen molar-refractivity contribution < 1.29 is 9.18 Å². The maximum atomic E-state index is 13.4. The number of hydrogen-bond acceptors (Lipinski definition) is 4. The van der Waals surface area contributed by atoms with Crippen LogP contribution >= 0.6 is 11.8 Å². The molecule has 0 radical (unpaired) electrons. The van der Waals surface area contributed by atoms with Gasteiger partial charge in [0.1, 0.15) is 5.82 Å². The lowest BCUT2D eigenvalue weighted by molar-refractivity contribution is -0.131. The minimum Gasteiger partial charge on any atom is -0.337 e. The summed E-state index contributed by atoms with van der Waals surface area (Å²) in [6.45, 7) is 10.1. The number of nitrogens with zero attached hydrogens (tertiary/aromatic N) is 4. The number of carbonyl (C=O) groups excluding carboxylic acids is 1. The van der Waals surface area contributed by atoms with Crippen molar-refractivity contribution in [1.29, 1.82) is 0 Å². The molecule has 3 aromatic rings. The van der Waals surface area contributed by atoms with E-state index in [9.17, 15) is 9.18 Å². The smallest absolute Gasteiger partial charge is 0.233 e. The van der Waals surface area contributed by atoms with Crippen LogP contribution in [0.2, 0.25) is 0 Å². The molecule has 0 aliphatic carbocycles. The first-order valence-electron chi connectivity index (χ1n) is 10.00. The molecule has 1 amide bonds. The Bertz CT molecular complexity index is 989. The Balaban J connectivity index is 1.95. The van der Waals surface area contributed by atoms with Gasteiger partial charge in [0.2, 0.25) is 5.91 Å². The third-order valence-corrected chi connectivity index (χ3v) is 5.67. The number of benzene rings is 2. The number of carbonyl (C=O) groups is 1. The standard InChI is InChI=1S/C23H27FN4OS/c1-15(2)27(16(3)4)21(29)14-30-23-26-25-22(18-8-10-19(24)11-9-18)28(23)20-12-6-17(5)7-13-20/h6-13,15-16H,14H2,1-5H3. The van der Waals surface area contributed by atoms with Crippen molar-refractivity contribution in [3.8, 4) is 17.1 Å². The summed E-state index contributed by atoms with van der Waals surface area (Å²) in [4.78, 5) is 14.7. The number of rotatable bonds is 7. The molecule has 0 N–H and O–H groups in total. The maximum absolute atomic E-state index is 13.4. The summed E-state index contributed by atoms with van der Waals surface area (Å²) in [5.74, 6) is 0.636. The zero-order valence-electron chi connectivity index (χ0n) is 18.0. The Morgan fingerprint density at radius 2 is 1.60 bits per heavy atom. The van der Waals surface area contributed by atoms with E-state index in [2.05, 4.69) is 10.2 Å². The second-order valence-corrected chi connectivity index (χ2v) is 8.70. The average molecular weight is 427 g/mol. The normalized spacial score (nSPS) is 11.3. The van der Waals surface area contributed by atoms with Crippen LogP contribution < -0.4 is 0 Å². The van der Waals surface area contributed by atoms with Gasteiger partial charge in [0.15, 0.2) is 11.0 Å². The van der Waals surface area contributed by atoms with Crippen molar-refractivity contribution in [2.24, 2.45) is 0 Å². The molecule has 0 unspecified atom stereocenters. The van der Waals surface area contributed by atoms with Crippen LogP contribution in [0.25, 0.3) is 17.1 Å². The van der Waals surface area contributed by atoms with E-state index in [1.165, 1.54) is 23.9 Å². The van der Waals surface area contributed by atoms with Crippen LogP contribution in [0, 0.1) is 12.7 Å². The van der Waals surface area contributed by atoms with Gasteiger partial charge in [0.05, 0.1) is 5.75 Å². The van der Waals surface area contributed by atoms with Crippen LogP contribution in [-0.4, -0.2) is 43.4 Å². The monoisotopic (exact) mass is 426 g/mol. The van der Waals surface area contributed by atoms with E-state index in [0.29, 0.717) is 11.0 Å². The third-order valence-electron chi connectivity index (χ3n) is 4.75. The molecular formula is C23H27FN4OS. The lowest BCUT2D eigenvalue weighted by atomic mass is 10.2. The topological polar surface area (TPSA) is 51.0 Å². The van der Waals surface area contributed by atoms with E-state index in [0.717, 1.165) is 16.8 Å². The number of thioether (sulfide) groups is 1. The molecule has 0 atom stereocenters. The quantitative estimate of drug-likeness (QED) is 0.492. The van der Waals surface area contributed by atoms with Crippen LogP contribution in [0.3, 0.4) is 0 Å². The van der Waals surface area contributed by atoms with E-state index in [1.807, 2.05) is 68.4 Å². The molecule has 1 heterocycles. The molecule has 0 saturated carbocycles. The van der Waals surface area contributed by atoms with Gasteiger partial charge in [0.25, 0.3) is 0 Å². The highest BCUT2D eigenvalue weighted by molar-refractivity contribution is 7.99. The molecule has 0 bridgehead atoms. The summed E-state index contributed by atoms with van der Waals surface area (Å²) in [7, 11) is 0. The highest BCUT2D eigenvalue weighted by Gasteiger charge is 2.22. The van der Waals surface area contributed by atoms with Gasteiger partial charge in [-0.2, -0.15) is 0 Å². The largest absolute Gasteiger partial charge is 0.337 e. The highest BCUT2D eigenvalue weighted by Crippen LogP contribution is 2.28. The zero-order chi connectivity index (χ0) is 21.8. The first kappa shape index (κ1) is 22.0. The highest BCUT2D eigenvalue weighted by atomic mass is 32.2. The summed E-state index contributed by atoms with van der Waals surface area (Å²) < 4.78 is 15.3. The molecule has 1 aromatic heterocycles. The molecule has 3 rings (SSSR count). The molecule has 158 valence electrons. The summed E-state index contributed by atoms with van der Waals surface area (Å²) in [6, 6.07) is 14.5. The molecule has 5 nitrogen and oxygen atoms in total. The molecule has 0 fully saturated rings. The van der Waals surface area contributed by atoms with Gasteiger partial charge in [-0.3, -0.25) is 9.36 Å². The summed E-state index contributed by atoms with van der Waals surface area (Å²) in [5.41, 5.74) is 2.79. The van der Waals surface area contributed by atoms with Crippen molar-refractivity contribution in [3.63, 3.8) is 0 Å². The molecule has 30 heavy (non-hydrogen) atoms. The molecule has 7 heteroatoms. The number of aryl methyl sites for hydroxylation is 1. The van der Waals surface area contributed by atoms with Gasteiger partial charge < -0.3 is 4.90 Å². The number of amides is 1. The fraction of sp³-hybridized carbons (Fsp3) is 0.348.